The SMILES string of the molecule is Cc1ccc(S(=O)(=O)OCCOCCOCCOCCOCCOCCOCC(=O)NC(C(=O)N2C[C@H](O)C[C@H]2C(=O)NCc2ccc(-c3scnc3C)cc2)C(C)(C)C)cc1. The fourth-order valence-electron chi connectivity index (χ4n) is 6.22. The third-order valence-corrected chi connectivity index (χ3v) is 11.9. The molecule has 3 atom stereocenters. The number of aliphatic hydroxyl groups is 1. The molecular formula is C43H62N4O13S2. The van der Waals surface area contributed by atoms with Crippen molar-refractivity contribution in [3.8, 4) is 10.4 Å². The molecule has 2 aromatic carbocycles. The van der Waals surface area contributed by atoms with Crippen LogP contribution in [0.2, 0.25) is 0 Å². The third-order valence-electron chi connectivity index (χ3n) is 9.58. The van der Waals surface area contributed by atoms with Crippen molar-refractivity contribution in [2.75, 3.05) is 92.4 Å². The zero-order valence-electron chi connectivity index (χ0n) is 36.3. The number of carbonyl (C=O) groups excluding carboxylic acids is 3. The van der Waals surface area contributed by atoms with Crippen molar-refractivity contribution in [2.45, 2.75) is 70.7 Å². The molecule has 17 nitrogen and oxygen atoms in total. The number of thiazole rings is 1. The third kappa shape index (κ3) is 17.3. The summed E-state index contributed by atoms with van der Waals surface area (Å²) in [6.45, 7) is 12.4. The number of nitrogens with zero attached hydrogens (tertiary/aromatic N) is 2. The average molecular weight is 907 g/mol. The summed E-state index contributed by atoms with van der Waals surface area (Å²) in [5, 5.41) is 16.2. The fourth-order valence-corrected chi connectivity index (χ4v) is 7.93. The van der Waals surface area contributed by atoms with Gasteiger partial charge in [-0.05, 0) is 42.5 Å². The van der Waals surface area contributed by atoms with Gasteiger partial charge in [0.2, 0.25) is 17.7 Å². The molecule has 1 aromatic heterocycles. The number of rotatable bonds is 28. The van der Waals surface area contributed by atoms with E-state index in [2.05, 4.69) is 15.6 Å². The number of aromatic nitrogens is 1. The number of hydrogen-bond donors (Lipinski definition) is 3. The van der Waals surface area contributed by atoms with E-state index in [1.54, 1.807) is 29.0 Å². The van der Waals surface area contributed by atoms with Gasteiger partial charge in [0.05, 0.1) is 106 Å². The Labute approximate surface area is 368 Å². The van der Waals surface area contributed by atoms with Crippen LogP contribution in [-0.4, -0.2) is 152 Å². The van der Waals surface area contributed by atoms with Crippen molar-refractivity contribution in [3.05, 3.63) is 70.9 Å². The molecular weight excluding hydrogens is 845 g/mol. The van der Waals surface area contributed by atoms with E-state index >= 15 is 0 Å². The molecule has 1 unspecified atom stereocenters. The van der Waals surface area contributed by atoms with Crippen LogP contribution in [0.1, 0.15) is 44.0 Å². The highest BCUT2D eigenvalue weighted by Gasteiger charge is 2.44. The molecule has 2 heterocycles. The Morgan fingerprint density at radius 1 is 0.806 bits per heavy atom. The number of likely N-dealkylation sites (tertiary alicyclic amines) is 1. The summed E-state index contributed by atoms with van der Waals surface area (Å²) >= 11 is 1.57. The molecule has 1 aliphatic heterocycles. The Kier molecular flexibility index (Phi) is 21.3. The lowest BCUT2D eigenvalue weighted by Gasteiger charge is -2.35. The Morgan fingerprint density at radius 2 is 1.34 bits per heavy atom. The van der Waals surface area contributed by atoms with E-state index in [4.69, 9.17) is 32.6 Å². The number of ether oxygens (including phenoxy) is 6. The van der Waals surface area contributed by atoms with Crippen LogP contribution in [0.4, 0.5) is 0 Å². The highest BCUT2D eigenvalue weighted by Crippen LogP contribution is 2.28. The second-order valence-corrected chi connectivity index (χ2v) is 18.1. The maximum atomic E-state index is 13.9. The summed E-state index contributed by atoms with van der Waals surface area (Å²) in [5.41, 5.74) is 4.95. The number of amides is 3. The van der Waals surface area contributed by atoms with Gasteiger partial charge in [0.25, 0.3) is 10.1 Å². The summed E-state index contributed by atoms with van der Waals surface area (Å²) in [6, 6.07) is 12.4. The molecule has 4 rings (SSSR count). The Morgan fingerprint density at radius 3 is 1.85 bits per heavy atom. The van der Waals surface area contributed by atoms with E-state index in [0.29, 0.717) is 46.2 Å². The van der Waals surface area contributed by atoms with Gasteiger partial charge in [-0.15, -0.1) is 11.3 Å². The van der Waals surface area contributed by atoms with Crippen LogP contribution in [0.3, 0.4) is 0 Å². The van der Waals surface area contributed by atoms with Crippen LogP contribution >= 0.6 is 11.3 Å². The molecule has 0 saturated carbocycles. The summed E-state index contributed by atoms with van der Waals surface area (Å²) in [6.07, 6.45) is -0.782. The van der Waals surface area contributed by atoms with E-state index in [0.717, 1.165) is 27.3 Å². The number of hydrogen-bond acceptors (Lipinski definition) is 15. The minimum absolute atomic E-state index is 0.0214. The maximum absolute atomic E-state index is 13.9. The van der Waals surface area contributed by atoms with Crippen LogP contribution in [-0.2, 0) is 63.7 Å². The highest BCUT2D eigenvalue weighted by molar-refractivity contribution is 7.86. The van der Waals surface area contributed by atoms with E-state index in [1.165, 1.54) is 17.0 Å². The second-order valence-electron chi connectivity index (χ2n) is 15.6. The molecule has 3 aromatic rings. The van der Waals surface area contributed by atoms with Crippen LogP contribution in [0, 0.1) is 19.3 Å². The number of benzene rings is 2. The number of carbonyl (C=O) groups is 3. The molecule has 3 amide bonds. The quantitative estimate of drug-likeness (QED) is 0.0707. The summed E-state index contributed by atoms with van der Waals surface area (Å²) < 4.78 is 62.0. The molecule has 344 valence electrons. The maximum Gasteiger partial charge on any atom is 0.297 e. The average Bonchev–Trinajstić information content (AvgIpc) is 3.85. The molecule has 1 aliphatic rings. The first-order valence-corrected chi connectivity index (χ1v) is 22.9. The van der Waals surface area contributed by atoms with Crippen molar-refractivity contribution in [2.24, 2.45) is 5.41 Å². The van der Waals surface area contributed by atoms with Gasteiger partial charge in [-0.1, -0.05) is 62.7 Å². The zero-order valence-corrected chi connectivity index (χ0v) is 37.9. The second kappa shape index (κ2) is 26.0. The molecule has 0 spiro atoms. The van der Waals surface area contributed by atoms with Crippen molar-refractivity contribution in [1.82, 2.24) is 20.5 Å². The Balaban J connectivity index is 0.997. The smallest absolute Gasteiger partial charge is 0.297 e. The van der Waals surface area contributed by atoms with Crippen LogP contribution in [0.25, 0.3) is 10.4 Å². The number of nitrogens with one attached hydrogen (secondary N) is 2. The van der Waals surface area contributed by atoms with Crippen molar-refractivity contribution in [3.63, 3.8) is 0 Å². The van der Waals surface area contributed by atoms with Gasteiger partial charge in [0, 0.05) is 19.5 Å². The first-order valence-electron chi connectivity index (χ1n) is 20.6. The van der Waals surface area contributed by atoms with Crippen LogP contribution in [0.15, 0.2) is 58.9 Å². The van der Waals surface area contributed by atoms with Crippen molar-refractivity contribution >= 4 is 39.2 Å². The molecule has 1 fully saturated rings. The standard InChI is InChI=1S/C43H62N4O13S2/c1-31-6-12-36(13-7-31)62(52,53)60-25-24-58-21-20-56-17-16-54-14-15-55-18-19-57-22-23-59-29-38(49)46-40(43(3,4)5)42(51)47-28-35(48)26-37(47)41(50)44-27-33-8-10-34(11-9-33)39-32(2)45-30-61-39/h6-13,30,35,37,40,48H,14-29H2,1-5H3,(H,44,50)(H,46,49)/t35-,37+,40?/m1/s1. The molecule has 3 N–H and O–H groups in total. The minimum atomic E-state index is -3.81. The van der Waals surface area contributed by atoms with Gasteiger partial charge in [-0.3, -0.25) is 18.6 Å². The van der Waals surface area contributed by atoms with Gasteiger partial charge in [0.15, 0.2) is 0 Å². The summed E-state index contributed by atoms with van der Waals surface area (Å²) in [4.78, 5) is 46.9. The van der Waals surface area contributed by atoms with Gasteiger partial charge in [0.1, 0.15) is 18.7 Å². The molecule has 0 radical (unpaired) electrons. The van der Waals surface area contributed by atoms with E-state index in [-0.39, 0.29) is 70.0 Å². The minimum Gasteiger partial charge on any atom is -0.391 e. The predicted octanol–water partition coefficient (Wildman–Crippen LogP) is 3.04. The molecule has 1 saturated heterocycles. The Hall–Kier alpha value is -3.89. The normalized spacial score (nSPS) is 16.1. The van der Waals surface area contributed by atoms with Gasteiger partial charge in [-0.25, -0.2) is 4.98 Å². The first kappa shape index (κ1) is 50.8. The van der Waals surface area contributed by atoms with Crippen molar-refractivity contribution < 1.29 is 60.5 Å². The Bertz CT molecular complexity index is 1920. The van der Waals surface area contributed by atoms with Gasteiger partial charge < -0.3 is 49.1 Å². The molecule has 0 bridgehead atoms. The highest BCUT2D eigenvalue weighted by atomic mass is 32.2. The van der Waals surface area contributed by atoms with E-state index in [9.17, 15) is 27.9 Å². The summed E-state index contributed by atoms with van der Waals surface area (Å²) in [7, 11) is -3.81. The van der Waals surface area contributed by atoms with E-state index in [1.807, 2.05) is 58.9 Å². The van der Waals surface area contributed by atoms with Gasteiger partial charge in [-0.2, -0.15) is 8.42 Å². The lowest BCUT2D eigenvalue weighted by molar-refractivity contribution is -0.144. The molecule has 62 heavy (non-hydrogen) atoms. The molecule has 0 aliphatic carbocycles. The van der Waals surface area contributed by atoms with Crippen LogP contribution < -0.4 is 10.6 Å². The number of aryl methyl sites for hydroxylation is 2. The number of β-amino-alcohol motifs (C(OH)–C–C–N with tert-alkyl or cyclic N) is 1. The van der Waals surface area contributed by atoms with Crippen molar-refractivity contribution in [1.29, 1.82) is 0 Å². The first-order chi connectivity index (χ1) is 29.7. The van der Waals surface area contributed by atoms with Crippen LogP contribution in [0.5, 0.6) is 0 Å². The molecule has 19 heteroatoms. The van der Waals surface area contributed by atoms with Gasteiger partial charge >= 0.3 is 0 Å². The monoisotopic (exact) mass is 906 g/mol. The largest absolute Gasteiger partial charge is 0.391 e. The summed E-state index contributed by atoms with van der Waals surface area (Å²) in [5.74, 6) is -1.32. The lowest BCUT2D eigenvalue weighted by atomic mass is 9.85. The predicted molar refractivity (Wildman–Crippen MR) is 231 cm³/mol. The topological polar surface area (TPSA) is 210 Å². The fraction of sp³-hybridized carbons (Fsp3) is 0.581. The zero-order chi connectivity index (χ0) is 45.0. The number of aliphatic hydroxyl groups excluding tert-OH is 1. The lowest BCUT2D eigenvalue weighted by Crippen LogP contribution is -2.58. The van der Waals surface area contributed by atoms with E-state index < -0.39 is 45.5 Å².